The Hall–Kier alpha value is -2.19. The third-order valence-corrected chi connectivity index (χ3v) is 5.25. The van der Waals surface area contributed by atoms with E-state index in [2.05, 4.69) is 21.2 Å². The lowest BCUT2D eigenvalue weighted by Crippen LogP contribution is -2.43. The first-order valence-electron chi connectivity index (χ1n) is 8.83. The number of urea groups is 1. The Kier molecular flexibility index (Phi) is 6.20. The van der Waals surface area contributed by atoms with Gasteiger partial charge in [-0.3, -0.25) is 4.90 Å². The van der Waals surface area contributed by atoms with Gasteiger partial charge in [-0.25, -0.2) is 13.6 Å². The topological polar surface area (TPSA) is 44.8 Å². The van der Waals surface area contributed by atoms with Gasteiger partial charge in [0.25, 0.3) is 0 Å². The lowest BCUT2D eigenvalue weighted by molar-refractivity contribution is 0.238. The third kappa shape index (κ3) is 4.44. The SMILES string of the molecule is COc1cc(F)cc([C@H](CN(C)C)NC(=O)N2CCc3cc(Br)c(F)cc32)c1. The van der Waals surface area contributed by atoms with Crippen molar-refractivity contribution in [3.63, 3.8) is 0 Å². The number of rotatable bonds is 5. The van der Waals surface area contributed by atoms with Gasteiger partial charge in [0.15, 0.2) is 0 Å². The number of carbonyl (C=O) groups is 1. The number of nitrogens with zero attached hydrogens (tertiary/aromatic N) is 2. The van der Waals surface area contributed by atoms with E-state index < -0.39 is 17.7 Å². The molecule has 1 aliphatic rings. The number of halogens is 3. The zero-order valence-electron chi connectivity index (χ0n) is 15.9. The molecule has 1 N–H and O–H groups in total. The van der Waals surface area contributed by atoms with Crippen LogP contribution in [0.3, 0.4) is 0 Å². The third-order valence-electron chi connectivity index (χ3n) is 4.64. The lowest BCUT2D eigenvalue weighted by atomic mass is 10.1. The van der Waals surface area contributed by atoms with Crippen molar-refractivity contribution in [2.75, 3.05) is 39.2 Å². The molecule has 0 aliphatic carbocycles. The molecule has 1 atom stereocenters. The van der Waals surface area contributed by atoms with Crippen LogP contribution in [0.5, 0.6) is 5.75 Å². The van der Waals surface area contributed by atoms with Crippen LogP contribution in [-0.2, 0) is 6.42 Å². The first-order valence-corrected chi connectivity index (χ1v) is 9.63. The Morgan fingerprint density at radius 3 is 2.71 bits per heavy atom. The molecule has 0 bridgehead atoms. The van der Waals surface area contributed by atoms with Gasteiger partial charge in [-0.1, -0.05) is 0 Å². The second-order valence-corrected chi connectivity index (χ2v) is 7.84. The maximum atomic E-state index is 14.0. The molecular weight excluding hydrogens is 432 g/mol. The summed E-state index contributed by atoms with van der Waals surface area (Å²) in [5.74, 6) is -0.476. The van der Waals surface area contributed by atoms with Crippen LogP contribution in [-0.4, -0.2) is 45.2 Å². The monoisotopic (exact) mass is 453 g/mol. The number of fused-ring (bicyclic) bond motifs is 1. The maximum absolute atomic E-state index is 14.0. The van der Waals surface area contributed by atoms with Crippen molar-refractivity contribution in [2.24, 2.45) is 0 Å². The van der Waals surface area contributed by atoms with Crippen molar-refractivity contribution < 1.29 is 18.3 Å². The fourth-order valence-electron chi connectivity index (χ4n) is 3.32. The van der Waals surface area contributed by atoms with E-state index in [1.54, 1.807) is 12.1 Å². The van der Waals surface area contributed by atoms with Crippen LogP contribution in [0.15, 0.2) is 34.8 Å². The average molecular weight is 454 g/mol. The smallest absolute Gasteiger partial charge is 0.322 e. The highest BCUT2D eigenvalue weighted by molar-refractivity contribution is 9.10. The van der Waals surface area contributed by atoms with Crippen LogP contribution in [0.2, 0.25) is 0 Å². The van der Waals surface area contributed by atoms with Gasteiger partial charge in [-0.05, 0) is 71.8 Å². The van der Waals surface area contributed by atoms with E-state index >= 15 is 0 Å². The Labute approximate surface area is 171 Å². The summed E-state index contributed by atoms with van der Waals surface area (Å²) in [6.07, 6.45) is 0.647. The number of nitrogens with one attached hydrogen (secondary N) is 1. The Balaban J connectivity index is 1.86. The molecular formula is C20H22BrF2N3O2. The van der Waals surface area contributed by atoms with Gasteiger partial charge in [0.1, 0.15) is 17.4 Å². The van der Waals surface area contributed by atoms with E-state index in [4.69, 9.17) is 4.74 Å². The van der Waals surface area contributed by atoms with Crippen LogP contribution >= 0.6 is 15.9 Å². The summed E-state index contributed by atoms with van der Waals surface area (Å²) in [7, 11) is 5.20. The zero-order chi connectivity index (χ0) is 20.4. The lowest BCUT2D eigenvalue weighted by Gasteiger charge is -2.26. The van der Waals surface area contributed by atoms with E-state index in [0.717, 1.165) is 5.56 Å². The quantitative estimate of drug-likeness (QED) is 0.740. The molecule has 0 unspecified atom stereocenters. The predicted molar refractivity (Wildman–Crippen MR) is 108 cm³/mol. The van der Waals surface area contributed by atoms with Gasteiger partial charge in [-0.2, -0.15) is 0 Å². The second-order valence-electron chi connectivity index (χ2n) is 6.99. The molecule has 0 spiro atoms. The van der Waals surface area contributed by atoms with E-state index in [9.17, 15) is 13.6 Å². The molecule has 2 aromatic carbocycles. The fourth-order valence-corrected chi connectivity index (χ4v) is 3.71. The van der Waals surface area contributed by atoms with Crippen molar-refractivity contribution in [2.45, 2.75) is 12.5 Å². The molecule has 0 radical (unpaired) electrons. The molecule has 1 heterocycles. The predicted octanol–water partition coefficient (Wildman–Crippen LogP) is 4.11. The summed E-state index contributed by atoms with van der Waals surface area (Å²) in [6.45, 7) is 0.923. The van der Waals surface area contributed by atoms with Crippen molar-refractivity contribution in [1.29, 1.82) is 0 Å². The van der Waals surface area contributed by atoms with Crippen LogP contribution in [0, 0.1) is 11.6 Å². The molecule has 5 nitrogen and oxygen atoms in total. The van der Waals surface area contributed by atoms with Crippen LogP contribution in [0.4, 0.5) is 19.3 Å². The number of benzene rings is 2. The molecule has 28 heavy (non-hydrogen) atoms. The van der Waals surface area contributed by atoms with Gasteiger partial charge in [-0.15, -0.1) is 0 Å². The first kappa shape index (κ1) is 20.5. The Bertz CT molecular complexity index is 892. The minimum Gasteiger partial charge on any atom is -0.497 e. The highest BCUT2D eigenvalue weighted by atomic mass is 79.9. The Morgan fingerprint density at radius 1 is 1.29 bits per heavy atom. The highest BCUT2D eigenvalue weighted by Crippen LogP contribution is 2.33. The number of likely N-dealkylation sites (N-methyl/N-ethyl adjacent to an activating group) is 1. The number of hydrogen-bond acceptors (Lipinski definition) is 3. The summed E-state index contributed by atoms with van der Waals surface area (Å²) < 4.78 is 33.5. The summed E-state index contributed by atoms with van der Waals surface area (Å²) >= 11 is 3.18. The standard InChI is InChI=1S/C20H22BrF2N3O2/c1-25(2)11-18(13-6-14(22)9-15(7-13)28-3)24-20(27)26-5-4-12-8-16(21)17(23)10-19(12)26/h6-10,18H,4-5,11H2,1-3H3,(H,24,27)/t18-/m0/s1. The molecule has 0 saturated heterocycles. The molecule has 0 fully saturated rings. The number of anilines is 1. The summed E-state index contributed by atoms with van der Waals surface area (Å²) in [5.41, 5.74) is 2.05. The van der Waals surface area contributed by atoms with E-state index in [1.165, 1.54) is 30.2 Å². The van der Waals surface area contributed by atoms with Crippen molar-refractivity contribution >= 4 is 27.6 Å². The second kappa shape index (κ2) is 8.45. The van der Waals surface area contributed by atoms with E-state index in [0.29, 0.717) is 41.0 Å². The largest absolute Gasteiger partial charge is 0.497 e. The average Bonchev–Trinajstić information content (AvgIpc) is 3.03. The van der Waals surface area contributed by atoms with Gasteiger partial charge < -0.3 is 15.0 Å². The summed E-state index contributed by atoms with van der Waals surface area (Å²) in [4.78, 5) is 16.4. The van der Waals surface area contributed by atoms with E-state index in [1.807, 2.05) is 19.0 Å². The minimum atomic E-state index is -0.462. The van der Waals surface area contributed by atoms with E-state index in [-0.39, 0.29) is 6.03 Å². The first-order chi connectivity index (χ1) is 13.3. The molecule has 1 aliphatic heterocycles. The molecule has 2 aromatic rings. The van der Waals surface area contributed by atoms with Crippen LogP contribution in [0.1, 0.15) is 17.2 Å². The van der Waals surface area contributed by atoms with Crippen molar-refractivity contribution in [1.82, 2.24) is 10.2 Å². The van der Waals surface area contributed by atoms with Crippen molar-refractivity contribution in [3.8, 4) is 5.75 Å². The van der Waals surface area contributed by atoms with Crippen LogP contribution < -0.4 is 15.0 Å². The number of ether oxygens (including phenoxy) is 1. The zero-order valence-corrected chi connectivity index (χ0v) is 17.5. The number of methoxy groups -OCH3 is 1. The molecule has 0 saturated carbocycles. The van der Waals surface area contributed by atoms with Gasteiger partial charge in [0.2, 0.25) is 0 Å². The normalized spacial score (nSPS) is 14.2. The molecule has 2 amide bonds. The summed E-state index contributed by atoms with van der Waals surface area (Å²) in [6, 6.07) is 6.62. The van der Waals surface area contributed by atoms with Crippen molar-refractivity contribution in [3.05, 3.63) is 57.6 Å². The molecule has 0 aromatic heterocycles. The Morgan fingerprint density at radius 2 is 2.04 bits per heavy atom. The molecule has 150 valence electrons. The maximum Gasteiger partial charge on any atom is 0.322 e. The summed E-state index contributed by atoms with van der Waals surface area (Å²) in [5, 5.41) is 2.95. The number of carbonyl (C=O) groups excluding carboxylic acids is 1. The number of amides is 2. The van der Waals surface area contributed by atoms with Gasteiger partial charge in [0.05, 0.1) is 23.3 Å². The minimum absolute atomic E-state index is 0.351. The fraction of sp³-hybridized carbons (Fsp3) is 0.350. The van der Waals surface area contributed by atoms with Gasteiger partial charge >= 0.3 is 6.03 Å². The van der Waals surface area contributed by atoms with Crippen LogP contribution in [0.25, 0.3) is 0 Å². The molecule has 8 heteroatoms. The highest BCUT2D eigenvalue weighted by Gasteiger charge is 2.28. The number of hydrogen-bond donors (Lipinski definition) is 1. The molecule has 3 rings (SSSR count). The van der Waals surface area contributed by atoms with Gasteiger partial charge in [0, 0.05) is 19.2 Å².